The molecule has 15 heterocycles. The van der Waals surface area contributed by atoms with E-state index in [4.69, 9.17) is 0 Å². The van der Waals surface area contributed by atoms with Crippen LogP contribution in [0.2, 0.25) is 0 Å². The van der Waals surface area contributed by atoms with Gasteiger partial charge in [0, 0.05) is 101 Å². The first-order valence-electron chi connectivity index (χ1n) is 29.0. The lowest BCUT2D eigenvalue weighted by atomic mass is 10.1. The third-order valence-electron chi connectivity index (χ3n) is 14.4. The number of thiazole rings is 11. The van der Waals surface area contributed by atoms with Crippen molar-refractivity contribution in [1.82, 2.24) is 54.8 Å². The van der Waals surface area contributed by atoms with Crippen LogP contribution in [0.15, 0.2) is 241 Å². The minimum absolute atomic E-state index is 0.968. The lowest BCUT2D eigenvalue weighted by Crippen LogP contribution is -2.09. The van der Waals surface area contributed by atoms with Crippen molar-refractivity contribution in [1.29, 1.82) is 0 Å². The minimum atomic E-state index is 0.968. The van der Waals surface area contributed by atoms with E-state index in [1.807, 2.05) is 67.0 Å². The van der Waals surface area contributed by atoms with Crippen LogP contribution in [0, 0.1) is 0 Å². The molecular weight excluding hydrogens is 1490 g/mol. The molecule has 0 atom stereocenters. The molecule has 0 N–H and O–H groups in total. The molecule has 13 nitrogen and oxygen atoms in total. The zero-order chi connectivity index (χ0) is 64.7. The van der Waals surface area contributed by atoms with Crippen LogP contribution in [-0.2, 0) is 0 Å². The molecule has 0 spiro atoms. The van der Waals surface area contributed by atoms with E-state index in [1.54, 1.807) is 189 Å². The maximum absolute atomic E-state index is 4.50. The van der Waals surface area contributed by atoms with Gasteiger partial charge in [-0.1, -0.05) is 0 Å². The zero-order valence-electron chi connectivity index (χ0n) is 49.6. The Hall–Kier alpha value is -8.27. The Morgan fingerprint density at radius 2 is 0.577 bits per heavy atom. The summed E-state index contributed by atoms with van der Waals surface area (Å²) in [5.74, 6) is 0. The molecule has 15 aromatic heterocycles. The van der Waals surface area contributed by atoms with Gasteiger partial charge in [0.2, 0.25) is 0 Å². The number of anilines is 6. The van der Waals surface area contributed by atoms with Crippen molar-refractivity contribution >= 4 is 284 Å². The molecule has 0 aliphatic rings. The number of thiophene rings is 4. The van der Waals surface area contributed by atoms with Crippen molar-refractivity contribution in [3.63, 3.8) is 0 Å². The predicted molar refractivity (Wildman–Crippen MR) is 428 cm³/mol. The normalized spacial score (nSPS) is 11.1. The molecule has 0 amide bonds. The summed E-state index contributed by atoms with van der Waals surface area (Å²) in [5.41, 5.74) is 21.0. The Bertz CT molecular complexity index is 5180. The summed E-state index contributed by atoms with van der Waals surface area (Å²) in [5, 5.41) is 25.2. The van der Waals surface area contributed by atoms with Gasteiger partial charge >= 0.3 is 0 Å². The van der Waals surface area contributed by atoms with Gasteiger partial charge < -0.3 is 9.80 Å². The van der Waals surface area contributed by atoms with Crippen molar-refractivity contribution in [3.8, 4) is 29.9 Å². The summed E-state index contributed by atoms with van der Waals surface area (Å²) in [4.78, 5) is 55.8. The molecule has 0 aliphatic carbocycles. The molecule has 21 aromatic rings. The molecule has 0 fully saturated rings. The van der Waals surface area contributed by atoms with Crippen LogP contribution in [-0.4, -0.2) is 54.8 Å². The van der Waals surface area contributed by atoms with E-state index in [-0.39, 0.29) is 0 Å². The van der Waals surface area contributed by atoms with Crippen LogP contribution < -0.4 is 9.80 Å². The number of rotatable bonds is 9. The second kappa shape index (κ2) is 29.8. The third kappa shape index (κ3) is 14.5. The Labute approximate surface area is 612 Å². The summed E-state index contributed by atoms with van der Waals surface area (Å²) in [6.45, 7) is 0. The number of nitrogens with zero attached hydrogens (tertiary/aromatic N) is 13. The highest BCUT2D eigenvalue weighted by Gasteiger charge is 2.18. The van der Waals surface area contributed by atoms with Crippen molar-refractivity contribution in [2.75, 3.05) is 9.80 Å². The van der Waals surface area contributed by atoms with E-state index < -0.39 is 0 Å². The quantitative estimate of drug-likeness (QED) is 0.135. The average Bonchev–Trinajstić information content (AvgIpc) is 1.78. The summed E-state index contributed by atoms with van der Waals surface area (Å²) in [7, 11) is 0. The summed E-state index contributed by atoms with van der Waals surface area (Å²) < 4.78 is 8.84. The molecule has 0 saturated heterocycles. The lowest BCUT2D eigenvalue weighted by Gasteiger charge is -2.26. The molecule has 28 heteroatoms. The van der Waals surface area contributed by atoms with Gasteiger partial charge in [0.05, 0.1) is 73.3 Å². The number of hydrogen-bond acceptors (Lipinski definition) is 28. The fraction of sp³-hybridized carbons (Fsp3) is 0. The summed E-state index contributed by atoms with van der Waals surface area (Å²) in [6, 6.07) is 48.2. The lowest BCUT2D eigenvalue weighted by molar-refractivity contribution is 1.29. The Kier molecular flexibility index (Phi) is 19.5. The highest BCUT2D eigenvalue weighted by atomic mass is 32.2. The van der Waals surface area contributed by atoms with E-state index in [0.717, 1.165) is 78.0 Å². The van der Waals surface area contributed by atoms with Crippen molar-refractivity contribution < 1.29 is 0 Å². The van der Waals surface area contributed by atoms with E-state index in [1.165, 1.54) is 66.1 Å². The highest BCUT2D eigenvalue weighted by molar-refractivity contribution is 7.26. The van der Waals surface area contributed by atoms with Gasteiger partial charge in [-0.05, 0) is 171 Å². The predicted octanol–water partition coefficient (Wildman–Crippen LogP) is 25.6. The molecule has 0 radical (unpaired) electrons. The van der Waals surface area contributed by atoms with Crippen molar-refractivity contribution in [2.45, 2.75) is 0 Å². The first-order chi connectivity index (χ1) is 48.0. The van der Waals surface area contributed by atoms with Gasteiger partial charge in [-0.15, -0.1) is 170 Å². The van der Waals surface area contributed by atoms with Gasteiger partial charge in [0.1, 0.15) is 9.84 Å². The highest BCUT2D eigenvalue weighted by Crippen LogP contribution is 2.43. The van der Waals surface area contributed by atoms with E-state index in [9.17, 15) is 0 Å². The number of benzene rings is 6. The third-order valence-corrected chi connectivity index (χ3v) is 27.4. The molecule has 21 rings (SSSR count). The Balaban J connectivity index is 0.0000000983. The summed E-state index contributed by atoms with van der Waals surface area (Å²) in [6.07, 6.45) is 9.05. The smallest absolute Gasteiger partial charge is 0.154 e. The molecule has 6 aromatic carbocycles. The standard InChI is InChI=1S/C24H15NS3.C21H12N4S3.C9H5N3S3.C6H4N2S2.C5H3NS2.C4H2N2S2/c1-4-22-16(7-10-26-22)13-19(1)25(20-2-5-23-17(14-20)8-11-27-23)21-3-6-24-18(15-21)9-12-28-24;1-4-19-16(22-10-26-19)7-13(1)25(14-2-5-20-17(8-14)23-11-27-20)15-3-6-21-18(9-15)24-12-28-21;1-3-13-7(10-1)6-5-12-9(15-6)8-11-2-4-14-8;1-3-9-5(7-1)6-8-2-4-10-6;1-2-7-5-4(1)8-3-6-5;1-5-3-4(7-1)6-2-8-3/h1-15H;1-12H;1-5H;1-4H;1-3H;1-2H. The number of fused-ring (bicyclic) bond motifs is 8. The van der Waals surface area contributed by atoms with Crippen LogP contribution in [0.4, 0.5) is 34.1 Å². The number of hydrogen-bond donors (Lipinski definition) is 0. The maximum atomic E-state index is 4.50. The molecule has 0 bridgehead atoms. The molecule has 0 unspecified atom stereocenters. The molecule has 0 aliphatic heterocycles. The SMILES string of the molecule is c1cc2cc(N(c3ccc4sccc4c3)c3ccc4sccc4c3)ccc2s1.c1csc(-c2cnc(-c3nccs3)s2)n1.c1csc(-c2nccs2)n1.c1nc2cc(N(c3ccc4scnc4c3)c3ccc4scnc4c3)ccc2s1.c1nc2sccc2s1.c1nc2scnc2s1. The average molecular weight is 1530 g/mol. The van der Waals surface area contributed by atoms with E-state index in [0.29, 0.717) is 0 Å². The molecular formula is C69H41N13S15. The summed E-state index contributed by atoms with van der Waals surface area (Å²) >= 11 is 25.0. The monoisotopic (exact) mass is 1530 g/mol. The van der Waals surface area contributed by atoms with E-state index >= 15 is 0 Å². The first kappa shape index (κ1) is 63.5. The molecule has 0 saturated carbocycles. The van der Waals surface area contributed by atoms with Gasteiger partial charge in [-0.2, -0.15) is 0 Å². The maximum Gasteiger partial charge on any atom is 0.154 e. The second-order valence-corrected chi connectivity index (χ2v) is 33.8. The molecule has 472 valence electrons. The van der Waals surface area contributed by atoms with Gasteiger partial charge in [-0.3, -0.25) is 0 Å². The van der Waals surface area contributed by atoms with Gasteiger partial charge in [0.25, 0.3) is 0 Å². The minimum Gasteiger partial charge on any atom is -0.310 e. The topological polar surface area (TPSA) is 148 Å². The van der Waals surface area contributed by atoms with E-state index in [2.05, 4.69) is 220 Å². The van der Waals surface area contributed by atoms with Crippen LogP contribution in [0.3, 0.4) is 0 Å². The largest absolute Gasteiger partial charge is 0.310 e. The fourth-order valence-electron chi connectivity index (χ4n) is 10.1. The second-order valence-electron chi connectivity index (χ2n) is 20.2. The van der Waals surface area contributed by atoms with Crippen LogP contribution in [0.25, 0.3) is 110 Å². The van der Waals surface area contributed by atoms with Crippen molar-refractivity contribution in [3.05, 3.63) is 241 Å². The molecule has 97 heavy (non-hydrogen) atoms. The fourth-order valence-corrected chi connectivity index (χ4v) is 21.1. The van der Waals surface area contributed by atoms with Gasteiger partial charge in [0.15, 0.2) is 29.7 Å². The van der Waals surface area contributed by atoms with Crippen LogP contribution in [0.1, 0.15) is 0 Å². The van der Waals surface area contributed by atoms with Crippen molar-refractivity contribution in [2.24, 2.45) is 0 Å². The Morgan fingerprint density at radius 1 is 0.227 bits per heavy atom. The number of aromatic nitrogens is 11. The first-order valence-corrected chi connectivity index (χ1v) is 42.1. The van der Waals surface area contributed by atoms with Crippen LogP contribution >= 0.6 is 170 Å². The zero-order valence-corrected chi connectivity index (χ0v) is 61.9. The van der Waals surface area contributed by atoms with Crippen LogP contribution in [0.5, 0.6) is 0 Å². The van der Waals surface area contributed by atoms with Gasteiger partial charge in [-0.25, -0.2) is 54.8 Å². The Morgan fingerprint density at radius 3 is 0.990 bits per heavy atom.